The van der Waals surface area contributed by atoms with Crippen LogP contribution in [0.3, 0.4) is 0 Å². The van der Waals surface area contributed by atoms with E-state index in [0.29, 0.717) is 23.0 Å². The van der Waals surface area contributed by atoms with E-state index in [1.165, 1.54) is 105 Å². The molecule has 0 bridgehead atoms. The minimum Gasteiger partial charge on any atom is -0.870 e. The Morgan fingerprint density at radius 3 is 1.53 bits per heavy atom. The molecule has 2 aromatic carbocycles. The monoisotopic (exact) mass is 776 g/mol. The Balaban J connectivity index is 0.000000168. The number of benzene rings is 2. The summed E-state index contributed by atoms with van der Waals surface area (Å²) < 4.78 is 9.66. The first kappa shape index (κ1) is 40.8. The number of carbonyl (C=O) groups is 2. The van der Waals surface area contributed by atoms with Crippen LogP contribution < -0.4 is 29.6 Å². The maximum absolute atomic E-state index is 12.1. The second-order valence-electron chi connectivity index (χ2n) is 15.7. The van der Waals surface area contributed by atoms with E-state index in [-0.39, 0.29) is 41.0 Å². The number of carboxylic acid groups (broad SMARTS) is 1. The predicted octanol–water partition coefficient (Wildman–Crippen LogP) is 6.50. The molecule has 2 aliphatic heterocycles. The first-order chi connectivity index (χ1) is 27.0. The van der Waals surface area contributed by atoms with Crippen LogP contribution in [-0.2, 0) is 30.7 Å². The van der Waals surface area contributed by atoms with E-state index in [4.69, 9.17) is 14.7 Å². The molecule has 2 saturated carbocycles. The minimum atomic E-state index is -0.875. The summed E-state index contributed by atoms with van der Waals surface area (Å²) in [5.41, 5.74) is 12.5. The molecule has 290 valence electrons. The zero-order chi connectivity index (χ0) is 37.5. The summed E-state index contributed by atoms with van der Waals surface area (Å²) in [7, 11) is 1.43. The third-order valence-corrected chi connectivity index (χ3v) is 12.5. The van der Waals surface area contributed by atoms with Crippen molar-refractivity contribution in [3.05, 3.63) is 94.8 Å². The summed E-state index contributed by atoms with van der Waals surface area (Å²) in [6.07, 6.45) is 23.6. The number of ether oxygens (including phenoxy) is 1. The van der Waals surface area contributed by atoms with Gasteiger partial charge in [-0.3, -0.25) is 19.9 Å². The summed E-state index contributed by atoms with van der Waals surface area (Å²) in [6, 6.07) is 11.6. The van der Waals surface area contributed by atoms with Gasteiger partial charge in [-0.25, -0.2) is 9.59 Å². The number of carbonyl (C=O) groups excluding carboxylic acids is 1. The summed E-state index contributed by atoms with van der Waals surface area (Å²) in [4.78, 5) is 42.5. The number of esters is 1. The van der Waals surface area contributed by atoms with E-state index < -0.39 is 5.97 Å². The molecule has 2 fully saturated rings. The number of rotatable bonds is 4. The van der Waals surface area contributed by atoms with Crippen LogP contribution >= 0.6 is 0 Å². The Labute approximate surface area is 354 Å². The SMILES string of the molecule is COC(=O)c1ccc2c(C3CCCCC3)c3n(c2c1)CCCc1nccnc1-3.O=C(O)c1ccc2c(C3CCCCC3)c3n(c2c1)CCCc1nccnc1-3.[Na+].[OH-]. The number of aromatic nitrogens is 6. The molecule has 0 unspecified atom stereocenters. The van der Waals surface area contributed by atoms with Gasteiger partial charge in [0, 0.05) is 59.7 Å². The number of hydrogen-bond acceptors (Lipinski definition) is 8. The summed E-state index contributed by atoms with van der Waals surface area (Å²) >= 11 is 0. The van der Waals surface area contributed by atoms with Crippen molar-refractivity contribution in [2.45, 2.75) is 115 Å². The molecule has 0 atom stereocenters. The number of nitrogens with zero attached hydrogens (tertiary/aromatic N) is 6. The summed E-state index contributed by atoms with van der Waals surface area (Å²) in [5, 5.41) is 11.9. The van der Waals surface area contributed by atoms with Gasteiger partial charge in [-0.15, -0.1) is 0 Å². The van der Waals surface area contributed by atoms with Crippen LogP contribution in [-0.4, -0.2) is 58.7 Å². The van der Waals surface area contributed by atoms with Crippen molar-refractivity contribution >= 4 is 33.7 Å². The van der Waals surface area contributed by atoms with Crippen molar-refractivity contribution in [3.63, 3.8) is 0 Å². The molecule has 10 rings (SSSR count). The van der Waals surface area contributed by atoms with E-state index in [0.717, 1.165) is 72.6 Å². The number of aryl methyl sites for hydroxylation is 4. The van der Waals surface area contributed by atoms with Gasteiger partial charge in [0.05, 0.1) is 41.0 Å². The molecule has 12 heteroatoms. The maximum atomic E-state index is 12.1. The van der Waals surface area contributed by atoms with E-state index >= 15 is 0 Å². The summed E-state index contributed by atoms with van der Waals surface area (Å²) in [5.74, 6) is -0.100. The standard InChI is InChI=1S/C23H25N3O2.C22H23N3O2.Na.H2O/c1-28-23(27)16-9-10-17-19(14-16)26-13-5-8-18-21(25-12-11-24-18)22(26)20(17)15-6-3-2-4-7-15;26-22(27)15-8-9-16-18(13-15)25-12-4-7-17-20(24-11-10-23-17)21(25)19(16)14-5-2-1-3-6-14;;/h9-12,14-15H,2-8,13H2,1H3;8-11,13-14H,1-7,12H2,(H,26,27);;1H2/q;;+1;/p-1. The van der Waals surface area contributed by atoms with Crippen LogP contribution in [0, 0.1) is 0 Å². The molecule has 6 aromatic rings. The molecule has 6 heterocycles. The number of fused-ring (bicyclic) bond motifs is 10. The Morgan fingerprint density at radius 2 is 1.07 bits per heavy atom. The van der Waals surface area contributed by atoms with Crippen LogP contribution in [0.15, 0.2) is 61.2 Å². The molecule has 0 spiro atoms. The van der Waals surface area contributed by atoms with Crippen molar-refractivity contribution in [2.24, 2.45) is 0 Å². The average molecular weight is 777 g/mol. The molecule has 11 nitrogen and oxygen atoms in total. The second-order valence-corrected chi connectivity index (χ2v) is 15.7. The quantitative estimate of drug-likeness (QED) is 0.156. The van der Waals surface area contributed by atoms with Gasteiger partial charge in [0.1, 0.15) is 11.4 Å². The van der Waals surface area contributed by atoms with Crippen molar-refractivity contribution < 1.29 is 54.5 Å². The van der Waals surface area contributed by atoms with Gasteiger partial charge in [0.25, 0.3) is 0 Å². The van der Waals surface area contributed by atoms with Crippen LogP contribution in [0.2, 0.25) is 0 Å². The van der Waals surface area contributed by atoms with E-state index in [9.17, 15) is 14.7 Å². The van der Waals surface area contributed by atoms with Gasteiger partial charge in [0.15, 0.2) is 0 Å². The Kier molecular flexibility index (Phi) is 12.6. The topological polar surface area (TPSA) is 155 Å². The second kappa shape index (κ2) is 17.6. The predicted molar refractivity (Wildman–Crippen MR) is 214 cm³/mol. The molecule has 0 amide bonds. The van der Waals surface area contributed by atoms with Gasteiger partial charge in [-0.05, 0) is 98.6 Å². The Morgan fingerprint density at radius 1 is 0.632 bits per heavy atom. The van der Waals surface area contributed by atoms with Crippen LogP contribution in [0.5, 0.6) is 0 Å². The van der Waals surface area contributed by atoms with E-state index in [1.54, 1.807) is 30.9 Å². The number of methoxy groups -OCH3 is 1. The van der Waals surface area contributed by atoms with Gasteiger partial charge in [-0.2, -0.15) is 0 Å². The van der Waals surface area contributed by atoms with Gasteiger partial charge in [-0.1, -0.05) is 50.7 Å². The van der Waals surface area contributed by atoms with Crippen LogP contribution in [0.4, 0.5) is 0 Å². The summed E-state index contributed by atoms with van der Waals surface area (Å²) in [6.45, 7) is 1.79. The Bertz CT molecular complexity index is 2430. The van der Waals surface area contributed by atoms with Crippen molar-refractivity contribution in [1.82, 2.24) is 29.1 Å². The molecular formula is C45H49N6NaO5. The smallest absolute Gasteiger partial charge is 0.870 e. The molecule has 0 saturated heterocycles. The first-order valence-corrected chi connectivity index (χ1v) is 20.3. The molecule has 57 heavy (non-hydrogen) atoms. The number of hydrogen-bond donors (Lipinski definition) is 1. The molecule has 4 aromatic heterocycles. The van der Waals surface area contributed by atoms with E-state index in [1.807, 2.05) is 24.3 Å². The fourth-order valence-electron chi connectivity index (χ4n) is 10.0. The van der Waals surface area contributed by atoms with Gasteiger partial charge >= 0.3 is 41.5 Å². The zero-order valence-electron chi connectivity index (χ0n) is 33.0. The fourth-order valence-corrected chi connectivity index (χ4v) is 10.0. The Hall–Kier alpha value is -4.42. The third kappa shape index (κ3) is 7.55. The van der Waals surface area contributed by atoms with Crippen LogP contribution in [0.1, 0.15) is 132 Å². The first-order valence-electron chi connectivity index (χ1n) is 20.3. The molecule has 4 aliphatic rings. The molecular weight excluding hydrogens is 728 g/mol. The number of aromatic carboxylic acids is 1. The van der Waals surface area contributed by atoms with Crippen molar-refractivity contribution in [2.75, 3.05) is 7.11 Å². The normalized spacial score (nSPS) is 16.6. The van der Waals surface area contributed by atoms with E-state index in [2.05, 4.69) is 25.2 Å². The van der Waals surface area contributed by atoms with Crippen molar-refractivity contribution in [1.29, 1.82) is 0 Å². The van der Waals surface area contributed by atoms with Gasteiger partial charge in [0.2, 0.25) is 0 Å². The number of carboxylic acids is 1. The molecule has 0 radical (unpaired) electrons. The average Bonchev–Trinajstić information content (AvgIpc) is 3.55. The minimum absolute atomic E-state index is 0. The zero-order valence-corrected chi connectivity index (χ0v) is 35.0. The molecule has 2 N–H and O–H groups in total. The van der Waals surface area contributed by atoms with Gasteiger partial charge < -0.3 is 24.5 Å². The maximum Gasteiger partial charge on any atom is 1.00 e. The van der Waals surface area contributed by atoms with Crippen LogP contribution in [0.25, 0.3) is 44.6 Å². The third-order valence-electron chi connectivity index (χ3n) is 12.5. The molecule has 2 aliphatic carbocycles. The fraction of sp³-hybridized carbons (Fsp3) is 0.422. The van der Waals surface area contributed by atoms with Crippen molar-refractivity contribution in [3.8, 4) is 22.8 Å². The largest absolute Gasteiger partial charge is 1.00 e.